The van der Waals surface area contributed by atoms with Crippen LogP contribution in [0.15, 0.2) is 48.7 Å². The van der Waals surface area contributed by atoms with E-state index in [-0.39, 0.29) is 13.2 Å². The number of nitrogens with one attached hydrogen (secondary N) is 1. The van der Waals surface area contributed by atoms with E-state index >= 15 is 0 Å². The smallest absolute Gasteiger partial charge is 0.0685 e. The summed E-state index contributed by atoms with van der Waals surface area (Å²) in [6, 6.07) is 14.0. The quantitative estimate of drug-likeness (QED) is 0.626. The number of hydrogen-bond acceptors (Lipinski definition) is 3. The number of likely N-dealkylation sites (N-methyl/N-ethyl adjacent to an activating group) is 1. The Hall–Kier alpha value is -2.14. The van der Waals surface area contributed by atoms with Crippen LogP contribution in [0.3, 0.4) is 0 Å². The van der Waals surface area contributed by atoms with Crippen LogP contribution in [0.4, 0.5) is 0 Å². The summed E-state index contributed by atoms with van der Waals surface area (Å²) >= 11 is 0. The van der Waals surface area contributed by atoms with Gasteiger partial charge in [-0.15, -0.1) is 0 Å². The minimum atomic E-state index is 0.0679. The van der Waals surface area contributed by atoms with Crippen molar-refractivity contribution in [3.63, 3.8) is 0 Å². The molecular weight excluding hydrogens is 300 g/mol. The number of H-pyrrole nitrogens is 1. The molecule has 126 valence electrons. The molecule has 24 heavy (non-hydrogen) atoms. The normalized spacial score (nSPS) is 11.5. The summed E-state index contributed by atoms with van der Waals surface area (Å²) in [7, 11) is 2.10. The largest absolute Gasteiger partial charge is 0.392 e. The number of benzene rings is 2. The molecule has 3 N–H and O–H groups in total. The number of hydrogen-bond donors (Lipinski definition) is 3. The lowest BCUT2D eigenvalue weighted by atomic mass is 10.1. The predicted molar refractivity (Wildman–Crippen MR) is 96.6 cm³/mol. The monoisotopic (exact) mass is 324 g/mol. The molecule has 1 heterocycles. The van der Waals surface area contributed by atoms with Crippen LogP contribution < -0.4 is 0 Å². The lowest BCUT2D eigenvalue weighted by Gasteiger charge is -2.18. The van der Waals surface area contributed by atoms with Crippen LogP contribution in [-0.2, 0) is 26.2 Å². The molecule has 0 amide bonds. The first-order valence-electron chi connectivity index (χ1n) is 8.27. The van der Waals surface area contributed by atoms with Crippen molar-refractivity contribution in [3.05, 3.63) is 70.9 Å². The molecule has 4 heteroatoms. The Morgan fingerprint density at radius 2 is 1.75 bits per heavy atom. The van der Waals surface area contributed by atoms with Crippen molar-refractivity contribution in [1.29, 1.82) is 0 Å². The summed E-state index contributed by atoms with van der Waals surface area (Å²) in [5, 5.41) is 19.9. The minimum absolute atomic E-state index is 0.0679. The summed E-state index contributed by atoms with van der Waals surface area (Å²) in [5.41, 5.74) is 5.47. The molecule has 0 saturated heterocycles. The molecule has 4 nitrogen and oxygen atoms in total. The third kappa shape index (κ3) is 3.67. The van der Waals surface area contributed by atoms with Gasteiger partial charge in [0, 0.05) is 30.2 Å². The highest BCUT2D eigenvalue weighted by Gasteiger charge is 2.08. The predicted octanol–water partition coefficient (Wildman–Crippen LogP) is 2.83. The molecule has 0 spiro atoms. The topological polar surface area (TPSA) is 59.5 Å². The molecule has 1 aromatic heterocycles. The second-order valence-corrected chi connectivity index (χ2v) is 6.27. The number of nitrogens with zero attached hydrogens (tertiary/aromatic N) is 1. The van der Waals surface area contributed by atoms with E-state index in [1.165, 1.54) is 16.5 Å². The summed E-state index contributed by atoms with van der Waals surface area (Å²) < 4.78 is 0. The van der Waals surface area contributed by atoms with E-state index in [1.807, 2.05) is 30.3 Å². The number of rotatable bonds is 7. The first kappa shape index (κ1) is 16.7. The van der Waals surface area contributed by atoms with Crippen LogP contribution >= 0.6 is 0 Å². The lowest BCUT2D eigenvalue weighted by Crippen LogP contribution is -2.21. The number of aliphatic hydroxyl groups is 2. The van der Waals surface area contributed by atoms with Crippen LogP contribution in [0.25, 0.3) is 10.9 Å². The molecule has 0 fully saturated rings. The van der Waals surface area contributed by atoms with E-state index in [4.69, 9.17) is 0 Å². The Balaban J connectivity index is 1.67. The van der Waals surface area contributed by atoms with Crippen LogP contribution in [0.5, 0.6) is 0 Å². The first-order valence-corrected chi connectivity index (χ1v) is 8.27. The molecule has 0 atom stereocenters. The third-order valence-electron chi connectivity index (χ3n) is 4.51. The maximum absolute atomic E-state index is 9.44. The SMILES string of the molecule is CN(CCc1c[nH]c2ccc(CO)cc12)Cc1ccccc1CO. The summed E-state index contributed by atoms with van der Waals surface area (Å²) in [6.45, 7) is 1.89. The first-order chi connectivity index (χ1) is 11.7. The zero-order chi connectivity index (χ0) is 16.9. The Labute approximate surface area is 142 Å². The average molecular weight is 324 g/mol. The highest BCUT2D eigenvalue weighted by atomic mass is 16.3. The Morgan fingerprint density at radius 1 is 0.958 bits per heavy atom. The van der Waals surface area contributed by atoms with Gasteiger partial charge in [-0.2, -0.15) is 0 Å². The van der Waals surface area contributed by atoms with E-state index < -0.39 is 0 Å². The second kappa shape index (κ2) is 7.62. The number of aliphatic hydroxyl groups excluding tert-OH is 2. The minimum Gasteiger partial charge on any atom is -0.392 e. The fourth-order valence-corrected chi connectivity index (χ4v) is 3.08. The van der Waals surface area contributed by atoms with E-state index in [1.54, 1.807) is 0 Å². The van der Waals surface area contributed by atoms with E-state index in [9.17, 15) is 10.2 Å². The molecule has 2 aromatic carbocycles. The zero-order valence-corrected chi connectivity index (χ0v) is 14.0. The van der Waals surface area contributed by atoms with Gasteiger partial charge in [-0.05, 0) is 47.9 Å². The van der Waals surface area contributed by atoms with Crippen molar-refractivity contribution >= 4 is 10.9 Å². The van der Waals surface area contributed by atoms with Crippen LogP contribution in [0, 0.1) is 0 Å². The summed E-state index contributed by atoms with van der Waals surface area (Å²) in [5.74, 6) is 0. The van der Waals surface area contributed by atoms with E-state index in [0.717, 1.165) is 36.2 Å². The van der Waals surface area contributed by atoms with Gasteiger partial charge < -0.3 is 20.1 Å². The van der Waals surface area contributed by atoms with Crippen molar-refractivity contribution < 1.29 is 10.2 Å². The molecule has 0 saturated carbocycles. The number of aromatic amines is 1. The van der Waals surface area contributed by atoms with E-state index in [2.05, 4.69) is 35.3 Å². The van der Waals surface area contributed by atoms with Gasteiger partial charge in [0.2, 0.25) is 0 Å². The molecule has 0 aliphatic rings. The van der Waals surface area contributed by atoms with Gasteiger partial charge in [0.25, 0.3) is 0 Å². The standard InChI is InChI=1S/C20H24N2O2/c1-22(12-17-4-2-3-5-18(17)14-24)9-8-16-11-21-20-7-6-15(13-23)10-19(16)20/h2-7,10-11,21,23-24H,8-9,12-14H2,1H3. The molecule has 0 radical (unpaired) electrons. The van der Waals surface area contributed by atoms with Crippen LogP contribution in [0.2, 0.25) is 0 Å². The Kier molecular flexibility index (Phi) is 5.30. The third-order valence-corrected chi connectivity index (χ3v) is 4.51. The highest BCUT2D eigenvalue weighted by molar-refractivity contribution is 5.83. The molecule has 3 rings (SSSR count). The molecule has 0 bridgehead atoms. The van der Waals surface area contributed by atoms with E-state index in [0.29, 0.717) is 0 Å². The maximum Gasteiger partial charge on any atom is 0.0685 e. The fourth-order valence-electron chi connectivity index (χ4n) is 3.08. The van der Waals surface area contributed by atoms with Crippen molar-refractivity contribution in [2.75, 3.05) is 13.6 Å². The average Bonchev–Trinajstić information content (AvgIpc) is 3.02. The molecule has 0 aliphatic carbocycles. The molecule has 0 unspecified atom stereocenters. The van der Waals surface area contributed by atoms with Crippen LogP contribution in [0.1, 0.15) is 22.3 Å². The van der Waals surface area contributed by atoms with Gasteiger partial charge in [0.1, 0.15) is 0 Å². The Morgan fingerprint density at radius 3 is 2.50 bits per heavy atom. The summed E-state index contributed by atoms with van der Waals surface area (Å²) in [6.07, 6.45) is 2.99. The van der Waals surface area contributed by atoms with Gasteiger partial charge in [-0.3, -0.25) is 0 Å². The molecular formula is C20H24N2O2. The number of fused-ring (bicyclic) bond motifs is 1. The molecule has 3 aromatic rings. The van der Waals surface area contributed by atoms with Crippen molar-refractivity contribution in [3.8, 4) is 0 Å². The zero-order valence-electron chi connectivity index (χ0n) is 14.0. The van der Waals surface area contributed by atoms with Crippen molar-refractivity contribution in [2.45, 2.75) is 26.2 Å². The van der Waals surface area contributed by atoms with Gasteiger partial charge in [0.15, 0.2) is 0 Å². The highest BCUT2D eigenvalue weighted by Crippen LogP contribution is 2.21. The van der Waals surface area contributed by atoms with Crippen LogP contribution in [-0.4, -0.2) is 33.7 Å². The maximum atomic E-state index is 9.44. The van der Waals surface area contributed by atoms with Crippen molar-refractivity contribution in [1.82, 2.24) is 9.88 Å². The molecule has 0 aliphatic heterocycles. The lowest BCUT2D eigenvalue weighted by molar-refractivity contribution is 0.275. The van der Waals surface area contributed by atoms with Gasteiger partial charge >= 0.3 is 0 Å². The number of aromatic nitrogens is 1. The fraction of sp³-hybridized carbons (Fsp3) is 0.300. The van der Waals surface area contributed by atoms with Crippen molar-refractivity contribution in [2.24, 2.45) is 0 Å². The Bertz CT molecular complexity index is 810. The van der Waals surface area contributed by atoms with Gasteiger partial charge in [-0.25, -0.2) is 0 Å². The summed E-state index contributed by atoms with van der Waals surface area (Å²) in [4.78, 5) is 5.57. The second-order valence-electron chi connectivity index (χ2n) is 6.27. The van der Waals surface area contributed by atoms with Gasteiger partial charge in [-0.1, -0.05) is 30.3 Å². The van der Waals surface area contributed by atoms with Gasteiger partial charge in [0.05, 0.1) is 13.2 Å².